The van der Waals surface area contributed by atoms with Crippen LogP contribution in [0.3, 0.4) is 0 Å². The van der Waals surface area contributed by atoms with Crippen molar-refractivity contribution in [3.05, 3.63) is 32.0 Å². The van der Waals surface area contributed by atoms with Gasteiger partial charge in [0.2, 0.25) is 0 Å². The van der Waals surface area contributed by atoms with E-state index >= 15 is 0 Å². The normalized spacial score (nSPS) is 21.8. The summed E-state index contributed by atoms with van der Waals surface area (Å²) in [6, 6.07) is -0.786. The smallest absolute Gasteiger partial charge is 0.348 e. The number of carboxylic acids is 1. The Kier molecular flexibility index (Phi) is 8.55. The maximum Gasteiger partial charge on any atom is 0.348 e. The van der Waals surface area contributed by atoms with Gasteiger partial charge >= 0.3 is 5.97 Å². The highest BCUT2D eigenvalue weighted by atomic mass is 35.5. The van der Waals surface area contributed by atoms with Crippen LogP contribution in [-0.4, -0.2) is 90.2 Å². The first kappa shape index (κ1) is 28.6. The van der Waals surface area contributed by atoms with Gasteiger partial charge in [0.05, 0.1) is 41.4 Å². The lowest BCUT2D eigenvalue weighted by Crippen LogP contribution is -2.55. The minimum atomic E-state index is -1.25. The van der Waals surface area contributed by atoms with E-state index in [2.05, 4.69) is 20.6 Å². The Morgan fingerprint density at radius 2 is 1.87 bits per heavy atom. The molecule has 2 aromatic rings. The molecule has 2 amide bonds. The molecule has 2 aliphatic rings. The van der Waals surface area contributed by atoms with Gasteiger partial charge in [0.25, 0.3) is 11.8 Å². The third kappa shape index (κ3) is 6.08. The Labute approximate surface area is 232 Å². The van der Waals surface area contributed by atoms with Gasteiger partial charge in [0.15, 0.2) is 16.6 Å². The number of anilines is 1. The fraction of sp³-hybridized carbons (Fsp3) is 0.565. The first-order valence-corrected chi connectivity index (χ1v) is 13.4. The molecule has 0 aromatic carbocycles. The lowest BCUT2D eigenvalue weighted by atomic mass is 10.0. The number of ether oxygens (including phenoxy) is 3. The van der Waals surface area contributed by atoms with Gasteiger partial charge in [-0.05, 0) is 27.2 Å². The quantitative estimate of drug-likeness (QED) is 0.381. The van der Waals surface area contributed by atoms with Crippen molar-refractivity contribution in [1.29, 1.82) is 0 Å². The zero-order valence-corrected chi connectivity index (χ0v) is 23.6. The van der Waals surface area contributed by atoms with Gasteiger partial charge < -0.3 is 39.8 Å². The van der Waals surface area contributed by atoms with Crippen LogP contribution in [0, 0.1) is 6.92 Å². The summed E-state index contributed by atoms with van der Waals surface area (Å²) in [5.74, 6) is -3.03. The van der Waals surface area contributed by atoms with Crippen LogP contribution >= 0.6 is 34.5 Å². The van der Waals surface area contributed by atoms with Crippen LogP contribution in [0.25, 0.3) is 0 Å². The SMILES string of the molecule is CO[C@H]1CN(c2nc(C(=O)NC3COC(C)(C)OC3)c(C(=O)O)s2)CC[C@H]1NC(=O)c1[nH]c(C)c(Cl)c1Cl. The summed E-state index contributed by atoms with van der Waals surface area (Å²) in [6.45, 7) is 6.47. The number of piperidine rings is 1. The van der Waals surface area contributed by atoms with Gasteiger partial charge in [0, 0.05) is 25.9 Å². The maximum atomic E-state index is 12.9. The number of carbonyl (C=O) groups excluding carboxylic acids is 2. The van der Waals surface area contributed by atoms with E-state index in [1.165, 1.54) is 7.11 Å². The van der Waals surface area contributed by atoms with E-state index < -0.39 is 35.7 Å². The summed E-state index contributed by atoms with van der Waals surface area (Å²) in [7, 11) is 1.52. The third-order valence-corrected chi connectivity index (χ3v) is 8.41. The molecule has 2 saturated heterocycles. The minimum absolute atomic E-state index is 0.151. The zero-order chi connectivity index (χ0) is 27.8. The number of halogens is 2. The van der Waals surface area contributed by atoms with Crippen LogP contribution in [0.4, 0.5) is 5.13 Å². The second-order valence-corrected chi connectivity index (χ2v) is 11.2. The standard InChI is InChI=1S/C23H29Cl2N5O7S/c1-10-14(24)15(25)16(26-10)19(31)28-12-5-6-30(7-13(12)35-4)22-29-17(18(38-22)21(33)34)20(32)27-11-8-36-23(2,3)37-9-11/h11-13,26H,5-9H2,1-4H3,(H,27,32)(H,28,31)(H,33,34)/t12-,13+/m1/s1. The molecule has 15 heteroatoms. The summed E-state index contributed by atoms with van der Waals surface area (Å²) in [6.07, 6.45) is 0.0399. The first-order chi connectivity index (χ1) is 17.9. The number of aryl methyl sites for hydroxylation is 1. The predicted molar refractivity (Wildman–Crippen MR) is 141 cm³/mol. The molecule has 0 bridgehead atoms. The average molecular weight is 590 g/mol. The van der Waals surface area contributed by atoms with Crippen molar-refractivity contribution in [3.8, 4) is 0 Å². The zero-order valence-electron chi connectivity index (χ0n) is 21.2. The number of H-pyrrole nitrogens is 1. The van der Waals surface area contributed by atoms with Crippen LogP contribution < -0.4 is 15.5 Å². The molecule has 12 nitrogen and oxygen atoms in total. The Bertz CT molecular complexity index is 1220. The van der Waals surface area contributed by atoms with Gasteiger partial charge in [-0.15, -0.1) is 0 Å². The number of methoxy groups -OCH3 is 1. The second kappa shape index (κ2) is 11.4. The van der Waals surface area contributed by atoms with Crippen molar-refractivity contribution >= 4 is 57.5 Å². The molecule has 38 heavy (non-hydrogen) atoms. The van der Waals surface area contributed by atoms with Crippen molar-refractivity contribution in [1.82, 2.24) is 20.6 Å². The van der Waals surface area contributed by atoms with Gasteiger partial charge in [-0.2, -0.15) is 0 Å². The second-order valence-electron chi connectivity index (χ2n) is 9.51. The molecule has 0 saturated carbocycles. The maximum absolute atomic E-state index is 12.9. The lowest BCUT2D eigenvalue weighted by Gasteiger charge is -2.37. The highest BCUT2D eigenvalue weighted by Crippen LogP contribution is 2.31. The highest BCUT2D eigenvalue weighted by Gasteiger charge is 2.35. The number of nitrogens with zero attached hydrogens (tertiary/aromatic N) is 2. The molecule has 0 aliphatic carbocycles. The lowest BCUT2D eigenvalue weighted by molar-refractivity contribution is -0.251. The number of hydrogen-bond acceptors (Lipinski definition) is 9. The number of nitrogens with one attached hydrogen (secondary N) is 3. The Morgan fingerprint density at radius 1 is 1.18 bits per heavy atom. The molecule has 4 rings (SSSR count). The molecule has 2 aromatic heterocycles. The number of amides is 2. The Morgan fingerprint density at radius 3 is 2.45 bits per heavy atom. The fourth-order valence-corrected chi connectivity index (χ4v) is 5.59. The van der Waals surface area contributed by atoms with Crippen molar-refractivity contribution in [2.24, 2.45) is 0 Å². The van der Waals surface area contributed by atoms with E-state index in [0.717, 1.165) is 11.3 Å². The monoisotopic (exact) mass is 589 g/mol. The molecule has 0 spiro atoms. The highest BCUT2D eigenvalue weighted by molar-refractivity contribution is 7.17. The van der Waals surface area contributed by atoms with Crippen LogP contribution in [0.5, 0.6) is 0 Å². The molecule has 0 unspecified atom stereocenters. The number of rotatable bonds is 7. The summed E-state index contributed by atoms with van der Waals surface area (Å²) in [4.78, 5) is 46.6. The summed E-state index contributed by atoms with van der Waals surface area (Å²) >= 11 is 13.2. The number of aromatic amines is 1. The van der Waals surface area contributed by atoms with E-state index in [-0.39, 0.29) is 40.5 Å². The molecular formula is C23H29Cl2N5O7S. The van der Waals surface area contributed by atoms with Crippen LogP contribution in [-0.2, 0) is 14.2 Å². The molecule has 0 radical (unpaired) electrons. The van der Waals surface area contributed by atoms with E-state index in [1.807, 2.05) is 4.90 Å². The number of aromatic carboxylic acids is 1. The number of thiazole rings is 1. The van der Waals surface area contributed by atoms with Crippen molar-refractivity contribution in [3.63, 3.8) is 0 Å². The molecule has 4 N–H and O–H groups in total. The van der Waals surface area contributed by atoms with Gasteiger partial charge in [0.1, 0.15) is 10.6 Å². The molecule has 2 atom stereocenters. The van der Waals surface area contributed by atoms with Crippen LogP contribution in [0.15, 0.2) is 0 Å². The van der Waals surface area contributed by atoms with Crippen molar-refractivity contribution in [2.45, 2.75) is 51.2 Å². The summed E-state index contributed by atoms with van der Waals surface area (Å²) in [5, 5.41) is 16.2. The van der Waals surface area contributed by atoms with Gasteiger partial charge in [-0.3, -0.25) is 9.59 Å². The van der Waals surface area contributed by atoms with E-state index in [9.17, 15) is 19.5 Å². The summed E-state index contributed by atoms with van der Waals surface area (Å²) < 4.78 is 16.7. The van der Waals surface area contributed by atoms with Gasteiger partial charge in [-0.1, -0.05) is 34.5 Å². The Balaban J connectivity index is 1.44. The third-order valence-electron chi connectivity index (χ3n) is 6.35. The van der Waals surface area contributed by atoms with E-state index in [1.54, 1.807) is 20.8 Å². The average Bonchev–Trinajstić information content (AvgIpc) is 3.43. The molecule has 208 valence electrons. The fourth-order valence-electron chi connectivity index (χ4n) is 4.24. The molecule has 2 aliphatic heterocycles. The van der Waals surface area contributed by atoms with E-state index in [4.69, 9.17) is 37.4 Å². The summed E-state index contributed by atoms with van der Waals surface area (Å²) in [5.41, 5.74) is 0.580. The predicted octanol–water partition coefficient (Wildman–Crippen LogP) is 2.69. The number of carboxylic acid groups (broad SMARTS) is 1. The van der Waals surface area contributed by atoms with E-state index in [0.29, 0.717) is 35.4 Å². The largest absolute Gasteiger partial charge is 0.477 e. The first-order valence-electron chi connectivity index (χ1n) is 11.8. The topological polar surface area (TPSA) is 155 Å². The Hall–Kier alpha value is -2.42. The van der Waals surface area contributed by atoms with Crippen molar-refractivity contribution < 1.29 is 33.7 Å². The molecule has 2 fully saturated rings. The molecular weight excluding hydrogens is 561 g/mol. The number of aromatic nitrogens is 2. The van der Waals surface area contributed by atoms with Crippen LogP contribution in [0.1, 0.15) is 56.6 Å². The molecule has 4 heterocycles. The van der Waals surface area contributed by atoms with Crippen molar-refractivity contribution in [2.75, 3.05) is 38.3 Å². The number of hydrogen-bond donors (Lipinski definition) is 4. The number of carbonyl (C=O) groups is 3. The minimum Gasteiger partial charge on any atom is -0.477 e. The van der Waals surface area contributed by atoms with Crippen LogP contribution in [0.2, 0.25) is 10.0 Å². The van der Waals surface area contributed by atoms with Gasteiger partial charge in [-0.25, -0.2) is 9.78 Å².